The van der Waals surface area contributed by atoms with Crippen molar-refractivity contribution in [2.45, 2.75) is 38.8 Å². The van der Waals surface area contributed by atoms with Crippen LogP contribution in [0.2, 0.25) is 0 Å². The first-order valence-electron chi connectivity index (χ1n) is 6.81. The van der Waals surface area contributed by atoms with E-state index in [1.807, 2.05) is 44.2 Å². The summed E-state index contributed by atoms with van der Waals surface area (Å²) < 4.78 is 1.76. The highest BCUT2D eigenvalue weighted by Gasteiger charge is 2.29. The molecule has 104 valence electrons. The van der Waals surface area contributed by atoms with Crippen molar-refractivity contribution in [2.24, 2.45) is 5.73 Å². The normalized spacial score (nSPS) is 13.7. The molecule has 5 nitrogen and oxygen atoms in total. The van der Waals surface area contributed by atoms with Crippen molar-refractivity contribution in [2.75, 3.05) is 0 Å². The number of nitrogens with two attached hydrogens (primary N) is 1. The fraction of sp³-hybridized carbons (Fsp3) is 0.400. The van der Waals surface area contributed by atoms with Crippen LogP contribution >= 0.6 is 0 Å². The highest BCUT2D eigenvalue weighted by atomic mass is 15.4. The first-order chi connectivity index (χ1) is 9.62. The molecule has 2 aromatic rings. The molecule has 1 heterocycles. The van der Waals surface area contributed by atoms with Crippen LogP contribution in [0.15, 0.2) is 30.3 Å². The van der Waals surface area contributed by atoms with Gasteiger partial charge in [0, 0.05) is 12.8 Å². The Hall–Kier alpha value is -2.19. The lowest BCUT2D eigenvalue weighted by Gasteiger charge is -2.22. The number of aryl methyl sites for hydroxylation is 2. The summed E-state index contributed by atoms with van der Waals surface area (Å²) in [5, 5.41) is 13.9. The Bertz CT molecular complexity index is 611. The summed E-state index contributed by atoms with van der Waals surface area (Å²) >= 11 is 0. The zero-order valence-corrected chi connectivity index (χ0v) is 11.9. The maximum Gasteiger partial charge on any atom is 0.150 e. The molecule has 0 amide bonds. The molecule has 0 saturated carbocycles. The van der Waals surface area contributed by atoms with Gasteiger partial charge in [-0.05, 0) is 5.56 Å². The average Bonchev–Trinajstić information content (AvgIpc) is 2.90. The highest BCUT2D eigenvalue weighted by molar-refractivity contribution is 5.30. The number of nitriles is 1. The van der Waals surface area contributed by atoms with Gasteiger partial charge in [-0.1, -0.05) is 44.2 Å². The number of aromatic nitrogens is 3. The van der Waals surface area contributed by atoms with E-state index in [1.165, 1.54) is 0 Å². The molecule has 0 saturated heterocycles. The second-order valence-corrected chi connectivity index (χ2v) is 4.76. The van der Waals surface area contributed by atoms with E-state index < -0.39 is 5.54 Å². The molecule has 0 bridgehead atoms. The van der Waals surface area contributed by atoms with Gasteiger partial charge in [0.1, 0.15) is 11.4 Å². The largest absolute Gasteiger partial charge is 0.308 e. The third-order valence-electron chi connectivity index (χ3n) is 3.31. The molecule has 20 heavy (non-hydrogen) atoms. The fourth-order valence-electron chi connectivity index (χ4n) is 2.13. The molecule has 1 atom stereocenters. The van der Waals surface area contributed by atoms with Gasteiger partial charge in [-0.2, -0.15) is 10.4 Å². The third-order valence-corrected chi connectivity index (χ3v) is 3.31. The molecule has 5 heteroatoms. The van der Waals surface area contributed by atoms with Crippen LogP contribution in [-0.2, 0) is 24.9 Å². The monoisotopic (exact) mass is 269 g/mol. The zero-order chi connectivity index (χ0) is 14.6. The van der Waals surface area contributed by atoms with Crippen molar-refractivity contribution < 1.29 is 0 Å². The van der Waals surface area contributed by atoms with Crippen molar-refractivity contribution in [1.29, 1.82) is 5.26 Å². The fourth-order valence-corrected chi connectivity index (χ4v) is 2.13. The lowest BCUT2D eigenvalue weighted by molar-refractivity contribution is 0.428. The maximum atomic E-state index is 9.49. The van der Waals surface area contributed by atoms with Gasteiger partial charge in [0.05, 0.1) is 12.6 Å². The van der Waals surface area contributed by atoms with E-state index in [0.717, 1.165) is 30.1 Å². The number of hydrogen-bond acceptors (Lipinski definition) is 4. The van der Waals surface area contributed by atoms with Crippen molar-refractivity contribution in [1.82, 2.24) is 14.8 Å². The van der Waals surface area contributed by atoms with Gasteiger partial charge in [0.15, 0.2) is 5.82 Å². The van der Waals surface area contributed by atoms with Gasteiger partial charge in [-0.15, -0.1) is 0 Å². The molecular formula is C15H19N5. The second kappa shape index (κ2) is 5.85. The van der Waals surface area contributed by atoms with Gasteiger partial charge in [-0.25, -0.2) is 9.67 Å². The molecule has 0 aliphatic rings. The van der Waals surface area contributed by atoms with Crippen molar-refractivity contribution in [3.63, 3.8) is 0 Å². The molecule has 0 radical (unpaired) electrons. The Balaban J connectivity index is 2.36. The topological polar surface area (TPSA) is 80.5 Å². The van der Waals surface area contributed by atoms with Crippen molar-refractivity contribution in [3.8, 4) is 6.07 Å². The van der Waals surface area contributed by atoms with Gasteiger partial charge in [0.25, 0.3) is 0 Å². The first-order valence-corrected chi connectivity index (χ1v) is 6.81. The van der Waals surface area contributed by atoms with E-state index in [2.05, 4.69) is 16.2 Å². The van der Waals surface area contributed by atoms with Gasteiger partial charge in [0.2, 0.25) is 0 Å². The molecule has 1 aromatic carbocycles. The van der Waals surface area contributed by atoms with Gasteiger partial charge in [-0.3, -0.25) is 0 Å². The van der Waals surface area contributed by atoms with Crippen LogP contribution in [0.5, 0.6) is 0 Å². The highest BCUT2D eigenvalue weighted by Crippen LogP contribution is 2.20. The Kier molecular flexibility index (Phi) is 4.16. The van der Waals surface area contributed by atoms with Crippen LogP contribution in [0.1, 0.15) is 31.1 Å². The third kappa shape index (κ3) is 2.70. The number of rotatable bonds is 5. The SMILES string of the molecule is CCc1nc(CC)n(CC(N)(C#N)c2ccccc2)n1. The van der Waals surface area contributed by atoms with Crippen LogP contribution in [0, 0.1) is 11.3 Å². The number of hydrogen-bond donors (Lipinski definition) is 1. The van der Waals surface area contributed by atoms with Crippen LogP contribution in [0.4, 0.5) is 0 Å². The molecule has 2 rings (SSSR count). The Morgan fingerprint density at radius 1 is 1.25 bits per heavy atom. The van der Waals surface area contributed by atoms with E-state index in [1.54, 1.807) is 4.68 Å². The smallest absolute Gasteiger partial charge is 0.150 e. The van der Waals surface area contributed by atoms with Crippen LogP contribution in [0.25, 0.3) is 0 Å². The average molecular weight is 269 g/mol. The minimum Gasteiger partial charge on any atom is -0.308 e. The van der Waals surface area contributed by atoms with Gasteiger partial charge < -0.3 is 5.73 Å². The summed E-state index contributed by atoms with van der Waals surface area (Å²) in [6.07, 6.45) is 1.54. The van der Waals surface area contributed by atoms with E-state index >= 15 is 0 Å². The maximum absolute atomic E-state index is 9.49. The summed E-state index contributed by atoms with van der Waals surface area (Å²) in [6, 6.07) is 11.6. The summed E-state index contributed by atoms with van der Waals surface area (Å²) in [5.74, 6) is 1.65. The molecule has 0 aliphatic carbocycles. The molecule has 0 fully saturated rings. The lowest BCUT2D eigenvalue weighted by atomic mass is 9.92. The molecule has 0 aliphatic heterocycles. The van der Waals surface area contributed by atoms with Crippen molar-refractivity contribution in [3.05, 3.63) is 47.5 Å². The second-order valence-electron chi connectivity index (χ2n) is 4.76. The predicted octanol–water partition coefficient (Wildman–Crippen LogP) is 1.78. The quantitative estimate of drug-likeness (QED) is 0.897. The van der Waals surface area contributed by atoms with Crippen LogP contribution in [-0.4, -0.2) is 14.8 Å². The number of benzene rings is 1. The van der Waals surface area contributed by atoms with Gasteiger partial charge >= 0.3 is 0 Å². The summed E-state index contributed by atoms with van der Waals surface area (Å²) in [7, 11) is 0. The lowest BCUT2D eigenvalue weighted by Crippen LogP contribution is -2.40. The van der Waals surface area contributed by atoms with Crippen LogP contribution < -0.4 is 5.73 Å². The van der Waals surface area contributed by atoms with E-state index in [0.29, 0.717) is 6.54 Å². The molecule has 0 spiro atoms. The van der Waals surface area contributed by atoms with E-state index in [4.69, 9.17) is 5.73 Å². The minimum atomic E-state index is -1.09. The minimum absolute atomic E-state index is 0.309. The van der Waals surface area contributed by atoms with Crippen LogP contribution in [0.3, 0.4) is 0 Å². The van der Waals surface area contributed by atoms with E-state index in [-0.39, 0.29) is 0 Å². The number of nitrogens with zero attached hydrogens (tertiary/aromatic N) is 4. The molecule has 2 N–H and O–H groups in total. The first kappa shape index (κ1) is 14.2. The Labute approximate surface area is 119 Å². The molecule has 1 unspecified atom stereocenters. The standard InChI is InChI=1S/C15H19N5/c1-3-13-18-14(4-2)20(19-13)11-15(17,10-16)12-8-6-5-7-9-12/h5-9H,3-4,11,17H2,1-2H3. The van der Waals surface area contributed by atoms with Crippen molar-refractivity contribution >= 4 is 0 Å². The van der Waals surface area contributed by atoms with E-state index in [9.17, 15) is 5.26 Å². The predicted molar refractivity (Wildman–Crippen MR) is 76.7 cm³/mol. The Morgan fingerprint density at radius 3 is 2.50 bits per heavy atom. The Morgan fingerprint density at radius 2 is 1.95 bits per heavy atom. The summed E-state index contributed by atoms with van der Waals surface area (Å²) in [6.45, 7) is 4.34. The molecular weight excluding hydrogens is 250 g/mol. The summed E-state index contributed by atoms with van der Waals surface area (Å²) in [5.41, 5.74) is 5.97. The zero-order valence-electron chi connectivity index (χ0n) is 11.9. The molecule has 1 aromatic heterocycles. The summed E-state index contributed by atoms with van der Waals surface area (Å²) in [4.78, 5) is 4.45.